The average molecular weight is 441 g/mol. The summed E-state index contributed by atoms with van der Waals surface area (Å²) in [7, 11) is 1.55. The quantitative estimate of drug-likeness (QED) is 0.429. The van der Waals surface area contributed by atoms with Crippen LogP contribution in [-0.4, -0.2) is 7.11 Å². The standard InChI is InChI=1S/C21H17Cl3FNO2/c1-27-20-9-14(11-26-16-6-7-17(22)18(23)10-16)8-19(24)21(20)28-12-13-2-4-15(25)5-3-13/h2-10,26H,11-12H2,1H3. The number of anilines is 1. The van der Waals surface area contributed by atoms with Crippen molar-refractivity contribution in [3.8, 4) is 11.5 Å². The molecule has 3 aromatic rings. The van der Waals surface area contributed by atoms with Gasteiger partial charge in [-0.25, -0.2) is 4.39 Å². The van der Waals surface area contributed by atoms with E-state index in [4.69, 9.17) is 44.3 Å². The highest BCUT2D eigenvalue weighted by molar-refractivity contribution is 6.42. The Morgan fingerprint density at radius 2 is 1.61 bits per heavy atom. The molecule has 0 unspecified atom stereocenters. The van der Waals surface area contributed by atoms with Gasteiger partial charge in [-0.3, -0.25) is 0 Å². The van der Waals surface area contributed by atoms with E-state index in [9.17, 15) is 4.39 Å². The lowest BCUT2D eigenvalue weighted by atomic mass is 10.2. The van der Waals surface area contributed by atoms with E-state index in [2.05, 4.69) is 5.32 Å². The van der Waals surface area contributed by atoms with Crippen LogP contribution in [0.2, 0.25) is 15.1 Å². The Morgan fingerprint density at radius 3 is 2.29 bits per heavy atom. The van der Waals surface area contributed by atoms with Crippen molar-refractivity contribution in [1.29, 1.82) is 0 Å². The van der Waals surface area contributed by atoms with Crippen LogP contribution in [0.5, 0.6) is 11.5 Å². The second-order valence-electron chi connectivity index (χ2n) is 6.01. The molecule has 3 nitrogen and oxygen atoms in total. The summed E-state index contributed by atoms with van der Waals surface area (Å²) in [5.41, 5.74) is 2.56. The zero-order chi connectivity index (χ0) is 20.1. The monoisotopic (exact) mass is 439 g/mol. The Balaban J connectivity index is 1.71. The maximum Gasteiger partial charge on any atom is 0.180 e. The first-order valence-corrected chi connectivity index (χ1v) is 9.52. The zero-order valence-electron chi connectivity index (χ0n) is 14.9. The molecule has 0 aromatic heterocycles. The second kappa shape index (κ2) is 9.37. The number of halogens is 4. The van der Waals surface area contributed by atoms with Crippen molar-refractivity contribution >= 4 is 40.5 Å². The Hall–Kier alpha value is -2.14. The number of benzene rings is 3. The third kappa shape index (κ3) is 5.22. The molecule has 0 fully saturated rings. The van der Waals surface area contributed by atoms with Gasteiger partial charge in [-0.2, -0.15) is 0 Å². The third-order valence-corrected chi connectivity index (χ3v) is 5.02. The maximum atomic E-state index is 13.0. The minimum Gasteiger partial charge on any atom is -0.493 e. The van der Waals surface area contributed by atoms with Gasteiger partial charge in [-0.1, -0.05) is 46.9 Å². The first-order valence-electron chi connectivity index (χ1n) is 8.39. The summed E-state index contributed by atoms with van der Waals surface area (Å²) >= 11 is 18.4. The number of methoxy groups -OCH3 is 1. The number of rotatable bonds is 7. The molecule has 0 atom stereocenters. The molecule has 0 aliphatic carbocycles. The summed E-state index contributed by atoms with van der Waals surface area (Å²) in [6.45, 7) is 0.753. The Kier molecular flexibility index (Phi) is 6.89. The fraction of sp³-hybridized carbons (Fsp3) is 0.143. The molecule has 0 heterocycles. The van der Waals surface area contributed by atoms with Crippen LogP contribution in [0, 0.1) is 5.82 Å². The minimum absolute atomic E-state index is 0.247. The van der Waals surface area contributed by atoms with Crippen LogP contribution >= 0.6 is 34.8 Å². The highest BCUT2D eigenvalue weighted by Crippen LogP contribution is 2.37. The average Bonchev–Trinajstić information content (AvgIpc) is 2.69. The van der Waals surface area contributed by atoms with Gasteiger partial charge >= 0.3 is 0 Å². The summed E-state index contributed by atoms with van der Waals surface area (Å²) in [6.07, 6.45) is 0. The molecule has 146 valence electrons. The molecule has 7 heteroatoms. The van der Waals surface area contributed by atoms with Crippen molar-refractivity contribution < 1.29 is 13.9 Å². The SMILES string of the molecule is COc1cc(CNc2ccc(Cl)c(Cl)c2)cc(Cl)c1OCc1ccc(F)cc1. The summed E-state index contributed by atoms with van der Waals surface area (Å²) in [6, 6.07) is 15.1. The molecule has 0 saturated carbocycles. The molecule has 0 aliphatic rings. The number of hydrogen-bond donors (Lipinski definition) is 1. The summed E-state index contributed by atoms with van der Waals surface area (Å²) < 4.78 is 24.2. The molecule has 3 rings (SSSR count). The molecule has 0 amide bonds. The molecule has 3 aromatic carbocycles. The fourth-order valence-electron chi connectivity index (χ4n) is 2.56. The predicted octanol–water partition coefficient (Wildman–Crippen LogP) is 6.99. The van der Waals surface area contributed by atoms with Crippen LogP contribution in [0.15, 0.2) is 54.6 Å². The van der Waals surface area contributed by atoms with Crippen LogP contribution < -0.4 is 14.8 Å². The molecule has 1 N–H and O–H groups in total. The summed E-state index contributed by atoms with van der Waals surface area (Å²) in [5, 5.41) is 4.66. The van der Waals surface area contributed by atoms with Gasteiger partial charge in [0.15, 0.2) is 11.5 Å². The second-order valence-corrected chi connectivity index (χ2v) is 7.23. The highest BCUT2D eigenvalue weighted by Gasteiger charge is 2.13. The fourth-order valence-corrected chi connectivity index (χ4v) is 3.15. The summed E-state index contributed by atoms with van der Waals surface area (Å²) in [5.74, 6) is 0.658. The van der Waals surface area contributed by atoms with Gasteiger partial charge in [-0.05, 0) is 53.6 Å². The van der Waals surface area contributed by atoms with Crippen molar-refractivity contribution in [3.63, 3.8) is 0 Å². The van der Waals surface area contributed by atoms with Crippen LogP contribution in [0.3, 0.4) is 0 Å². The predicted molar refractivity (Wildman–Crippen MR) is 113 cm³/mol. The Labute approximate surface area is 177 Å². The van der Waals surface area contributed by atoms with Crippen LogP contribution in [0.4, 0.5) is 10.1 Å². The molecule has 0 spiro atoms. The molecular formula is C21H17Cl3FNO2. The van der Waals surface area contributed by atoms with E-state index in [-0.39, 0.29) is 12.4 Å². The number of nitrogens with one attached hydrogen (secondary N) is 1. The van der Waals surface area contributed by atoms with Crippen molar-refractivity contribution in [2.24, 2.45) is 0 Å². The Bertz CT molecular complexity index is 965. The van der Waals surface area contributed by atoms with Crippen molar-refractivity contribution in [3.05, 3.63) is 86.6 Å². The van der Waals surface area contributed by atoms with Crippen LogP contribution in [0.25, 0.3) is 0 Å². The van der Waals surface area contributed by atoms with Gasteiger partial charge in [-0.15, -0.1) is 0 Å². The molecule has 0 aliphatic heterocycles. The molecule has 0 saturated heterocycles. The van der Waals surface area contributed by atoms with Crippen LogP contribution in [-0.2, 0) is 13.2 Å². The van der Waals surface area contributed by atoms with E-state index in [0.717, 1.165) is 16.8 Å². The van der Waals surface area contributed by atoms with E-state index in [1.54, 1.807) is 37.4 Å². The zero-order valence-corrected chi connectivity index (χ0v) is 17.2. The first kappa shape index (κ1) is 20.6. The van der Waals surface area contributed by atoms with Crippen molar-refractivity contribution in [2.45, 2.75) is 13.2 Å². The topological polar surface area (TPSA) is 30.5 Å². The van der Waals surface area contributed by atoms with Gasteiger partial charge in [0.25, 0.3) is 0 Å². The van der Waals surface area contributed by atoms with E-state index in [1.165, 1.54) is 12.1 Å². The van der Waals surface area contributed by atoms with Gasteiger partial charge in [0.1, 0.15) is 12.4 Å². The minimum atomic E-state index is -0.293. The highest BCUT2D eigenvalue weighted by atomic mass is 35.5. The number of ether oxygens (including phenoxy) is 2. The van der Waals surface area contributed by atoms with Gasteiger partial charge < -0.3 is 14.8 Å². The molecular weight excluding hydrogens is 424 g/mol. The largest absolute Gasteiger partial charge is 0.493 e. The maximum absolute atomic E-state index is 13.0. The lowest BCUT2D eigenvalue weighted by Crippen LogP contribution is -2.03. The van der Waals surface area contributed by atoms with Gasteiger partial charge in [0.05, 0.1) is 22.2 Å². The van der Waals surface area contributed by atoms with Gasteiger partial charge in [0.2, 0.25) is 0 Å². The van der Waals surface area contributed by atoms with Crippen molar-refractivity contribution in [2.75, 3.05) is 12.4 Å². The lowest BCUT2D eigenvalue weighted by Gasteiger charge is -2.15. The summed E-state index contributed by atoms with van der Waals surface area (Å²) in [4.78, 5) is 0. The molecule has 0 radical (unpaired) electrons. The Morgan fingerprint density at radius 1 is 0.857 bits per heavy atom. The molecule has 28 heavy (non-hydrogen) atoms. The lowest BCUT2D eigenvalue weighted by molar-refractivity contribution is 0.284. The van der Waals surface area contributed by atoms with E-state index < -0.39 is 0 Å². The smallest absolute Gasteiger partial charge is 0.180 e. The van der Waals surface area contributed by atoms with E-state index >= 15 is 0 Å². The first-order chi connectivity index (χ1) is 13.5. The number of hydrogen-bond acceptors (Lipinski definition) is 3. The third-order valence-electron chi connectivity index (χ3n) is 4.00. The van der Waals surface area contributed by atoms with E-state index in [1.807, 2.05) is 12.1 Å². The normalized spacial score (nSPS) is 10.6. The van der Waals surface area contributed by atoms with Crippen LogP contribution in [0.1, 0.15) is 11.1 Å². The van der Waals surface area contributed by atoms with Gasteiger partial charge in [0, 0.05) is 12.2 Å². The van der Waals surface area contributed by atoms with E-state index in [0.29, 0.717) is 33.1 Å². The van der Waals surface area contributed by atoms with Crippen molar-refractivity contribution in [1.82, 2.24) is 0 Å². The molecule has 0 bridgehead atoms.